The van der Waals surface area contributed by atoms with Crippen LogP contribution in [0.25, 0.3) is 0 Å². The predicted octanol–water partition coefficient (Wildman–Crippen LogP) is 1.79. The second kappa shape index (κ2) is 5.22. The molecule has 0 spiro atoms. The molecule has 15 heavy (non-hydrogen) atoms. The lowest BCUT2D eigenvalue weighted by Gasteiger charge is -2.01. The molecule has 0 atom stereocenters. The first-order valence-electron chi connectivity index (χ1n) is 4.70. The fourth-order valence-electron chi connectivity index (χ4n) is 1.14. The summed E-state index contributed by atoms with van der Waals surface area (Å²) in [5, 5.41) is 3.04. The molecule has 0 aliphatic heterocycles. The van der Waals surface area contributed by atoms with Gasteiger partial charge in [0, 0.05) is 12.4 Å². The van der Waals surface area contributed by atoms with Crippen molar-refractivity contribution >= 4 is 0 Å². The van der Waals surface area contributed by atoms with Crippen LogP contribution in [0.1, 0.15) is 11.4 Å². The molecule has 3 nitrogen and oxygen atoms in total. The van der Waals surface area contributed by atoms with Crippen LogP contribution in [-0.2, 0) is 0 Å². The molecule has 0 saturated carbocycles. The Bertz CT molecular complexity index is 347. The first-order valence-corrected chi connectivity index (χ1v) is 4.70. The summed E-state index contributed by atoms with van der Waals surface area (Å²) >= 11 is 0. The molecule has 2 rings (SSSR count). The molecule has 1 N–H and O–H groups in total. The lowest BCUT2D eigenvalue weighted by Crippen LogP contribution is -2.09. The maximum Gasteiger partial charge on any atom is 0.0714 e. The van der Waals surface area contributed by atoms with Gasteiger partial charge in [0.15, 0.2) is 0 Å². The molecule has 0 amide bonds. The largest absolute Gasteiger partial charge is 0.297 e. The highest BCUT2D eigenvalue weighted by Gasteiger charge is 1.95. The Labute approximate surface area is 89.2 Å². The Hall–Kier alpha value is -1.74. The van der Waals surface area contributed by atoms with E-state index in [0.29, 0.717) is 0 Å². The van der Waals surface area contributed by atoms with Gasteiger partial charge in [-0.25, -0.2) is 0 Å². The van der Waals surface area contributed by atoms with Crippen LogP contribution in [-0.4, -0.2) is 9.97 Å². The molecule has 2 radical (unpaired) electrons. The van der Waals surface area contributed by atoms with Crippen LogP contribution in [0, 0.1) is 13.1 Å². The van der Waals surface area contributed by atoms with Crippen molar-refractivity contribution in [3.63, 3.8) is 0 Å². The van der Waals surface area contributed by atoms with Gasteiger partial charge in [-0.05, 0) is 24.3 Å². The minimum Gasteiger partial charge on any atom is -0.297 e. The Balaban J connectivity index is 1.81. The Morgan fingerprint density at radius 3 is 1.73 bits per heavy atom. The number of hydrogen-bond donors (Lipinski definition) is 1. The molecule has 2 aromatic rings. The van der Waals surface area contributed by atoms with Crippen LogP contribution >= 0.6 is 0 Å². The Morgan fingerprint density at radius 2 is 1.33 bits per heavy atom. The number of aromatic nitrogens is 2. The van der Waals surface area contributed by atoms with Gasteiger partial charge >= 0.3 is 0 Å². The third-order valence-electron chi connectivity index (χ3n) is 1.84. The van der Waals surface area contributed by atoms with E-state index in [2.05, 4.69) is 15.3 Å². The van der Waals surface area contributed by atoms with E-state index in [1.165, 1.54) is 0 Å². The maximum atomic E-state index is 4.15. The van der Waals surface area contributed by atoms with Crippen molar-refractivity contribution in [3.05, 3.63) is 73.3 Å². The average molecular weight is 197 g/mol. The van der Waals surface area contributed by atoms with Gasteiger partial charge in [-0.1, -0.05) is 12.1 Å². The van der Waals surface area contributed by atoms with E-state index in [1.807, 2.05) is 49.5 Å². The third kappa shape index (κ3) is 3.14. The standard InChI is InChI=1S/C12H11N3/c1-3-7-14-11(5-1)9-13-10-12-6-2-4-8-15-12/h1-10,13H. The van der Waals surface area contributed by atoms with Crippen molar-refractivity contribution in [2.24, 2.45) is 0 Å². The highest BCUT2D eigenvalue weighted by Crippen LogP contribution is 1.98. The van der Waals surface area contributed by atoms with Crippen LogP contribution in [0.3, 0.4) is 0 Å². The van der Waals surface area contributed by atoms with E-state index in [1.54, 1.807) is 12.4 Å². The van der Waals surface area contributed by atoms with E-state index in [9.17, 15) is 0 Å². The summed E-state index contributed by atoms with van der Waals surface area (Å²) in [4.78, 5) is 8.30. The highest BCUT2D eigenvalue weighted by molar-refractivity contribution is 5.16. The van der Waals surface area contributed by atoms with Gasteiger partial charge in [-0.2, -0.15) is 0 Å². The molecule has 74 valence electrons. The van der Waals surface area contributed by atoms with Crippen LogP contribution in [0.4, 0.5) is 0 Å². The molecular weight excluding hydrogens is 186 g/mol. The van der Waals surface area contributed by atoms with E-state index in [4.69, 9.17) is 0 Å². The van der Waals surface area contributed by atoms with E-state index >= 15 is 0 Å². The van der Waals surface area contributed by atoms with Crippen molar-refractivity contribution in [2.45, 2.75) is 0 Å². The third-order valence-corrected chi connectivity index (χ3v) is 1.84. The van der Waals surface area contributed by atoms with Gasteiger partial charge in [-0.15, -0.1) is 0 Å². The number of hydrogen-bond acceptors (Lipinski definition) is 3. The minimum atomic E-state index is 0.893. The van der Waals surface area contributed by atoms with Gasteiger partial charge in [-0.3, -0.25) is 15.3 Å². The summed E-state index contributed by atoms with van der Waals surface area (Å²) in [5.41, 5.74) is 1.79. The topological polar surface area (TPSA) is 37.8 Å². The fourth-order valence-corrected chi connectivity index (χ4v) is 1.14. The van der Waals surface area contributed by atoms with Crippen LogP contribution in [0.2, 0.25) is 0 Å². The van der Waals surface area contributed by atoms with Crippen molar-refractivity contribution < 1.29 is 0 Å². The first-order chi connectivity index (χ1) is 7.45. The normalized spacial score (nSPS) is 10.1. The van der Waals surface area contributed by atoms with Gasteiger partial charge in [0.2, 0.25) is 0 Å². The zero-order chi connectivity index (χ0) is 10.3. The summed E-state index contributed by atoms with van der Waals surface area (Å²) in [6.07, 6.45) is 3.52. The first kappa shape index (κ1) is 9.80. The SMILES string of the molecule is [CH](N[CH]c1ccccn1)c1ccccn1. The molecule has 2 heterocycles. The predicted molar refractivity (Wildman–Crippen MR) is 58.4 cm³/mol. The van der Waals surface area contributed by atoms with Gasteiger partial charge in [0.1, 0.15) is 0 Å². The summed E-state index contributed by atoms with van der Waals surface area (Å²) < 4.78 is 0. The zero-order valence-electron chi connectivity index (χ0n) is 8.17. The van der Waals surface area contributed by atoms with E-state index in [-0.39, 0.29) is 0 Å². The summed E-state index contributed by atoms with van der Waals surface area (Å²) in [7, 11) is 0. The molecule has 0 unspecified atom stereocenters. The number of rotatable bonds is 4. The number of pyridine rings is 2. The van der Waals surface area contributed by atoms with Gasteiger partial charge in [0.05, 0.1) is 24.5 Å². The molecule has 0 aliphatic rings. The van der Waals surface area contributed by atoms with Crippen molar-refractivity contribution in [1.82, 2.24) is 15.3 Å². The second-order valence-electron chi connectivity index (χ2n) is 2.96. The smallest absolute Gasteiger partial charge is 0.0714 e. The monoisotopic (exact) mass is 197 g/mol. The maximum absolute atomic E-state index is 4.15. The molecule has 0 saturated heterocycles. The highest BCUT2D eigenvalue weighted by atomic mass is 14.9. The van der Waals surface area contributed by atoms with Crippen molar-refractivity contribution in [2.75, 3.05) is 0 Å². The summed E-state index contributed by atoms with van der Waals surface area (Å²) in [6, 6.07) is 11.5. The lowest BCUT2D eigenvalue weighted by molar-refractivity contribution is 0.947. The molecule has 2 aromatic heterocycles. The average Bonchev–Trinajstić information content (AvgIpc) is 2.32. The van der Waals surface area contributed by atoms with Crippen LogP contribution in [0.5, 0.6) is 0 Å². The quantitative estimate of drug-likeness (QED) is 0.812. The molecule has 0 aromatic carbocycles. The lowest BCUT2D eigenvalue weighted by atomic mass is 10.3. The molecule has 0 bridgehead atoms. The Kier molecular flexibility index (Phi) is 3.41. The molecule has 0 fully saturated rings. The second-order valence-corrected chi connectivity index (χ2v) is 2.96. The molecule has 3 heteroatoms. The van der Waals surface area contributed by atoms with E-state index < -0.39 is 0 Å². The Morgan fingerprint density at radius 1 is 0.800 bits per heavy atom. The number of nitrogens with one attached hydrogen (secondary N) is 1. The van der Waals surface area contributed by atoms with Crippen LogP contribution in [0.15, 0.2) is 48.8 Å². The minimum absolute atomic E-state index is 0.893. The van der Waals surface area contributed by atoms with Gasteiger partial charge < -0.3 is 0 Å². The molecular formula is C12H11N3. The zero-order valence-corrected chi connectivity index (χ0v) is 8.17. The van der Waals surface area contributed by atoms with Crippen LogP contribution < -0.4 is 5.32 Å². The van der Waals surface area contributed by atoms with Crippen molar-refractivity contribution in [3.8, 4) is 0 Å². The number of nitrogens with zero attached hydrogens (tertiary/aromatic N) is 2. The fraction of sp³-hybridized carbons (Fsp3) is 0. The summed E-state index contributed by atoms with van der Waals surface area (Å²) in [6.45, 7) is 3.66. The molecule has 0 aliphatic carbocycles. The summed E-state index contributed by atoms with van der Waals surface area (Å²) in [5.74, 6) is 0. The van der Waals surface area contributed by atoms with Gasteiger partial charge in [0.25, 0.3) is 0 Å². The van der Waals surface area contributed by atoms with Crippen molar-refractivity contribution in [1.29, 1.82) is 0 Å². The van der Waals surface area contributed by atoms with E-state index in [0.717, 1.165) is 11.4 Å².